The summed E-state index contributed by atoms with van der Waals surface area (Å²) in [6, 6.07) is -0.0918. The van der Waals surface area contributed by atoms with Gasteiger partial charge in [-0.2, -0.15) is 0 Å². The topological polar surface area (TPSA) is 55.8 Å². The summed E-state index contributed by atoms with van der Waals surface area (Å²) in [6.07, 6.45) is 0.611. The molecule has 1 amide bonds. The predicted molar refractivity (Wildman–Crippen MR) is 65.6 cm³/mol. The molecule has 0 aromatic rings. The molecule has 0 aromatic carbocycles. The van der Waals surface area contributed by atoms with Crippen LogP contribution < -0.4 is 0 Å². The zero-order valence-electron chi connectivity index (χ0n) is 11.2. The smallest absolute Gasteiger partial charge is 0.289 e. The zero-order valence-corrected chi connectivity index (χ0v) is 12.1. The largest absolute Gasteiger partial charge is 0.438 e. The van der Waals surface area contributed by atoms with Gasteiger partial charge in [0.25, 0.3) is 0 Å². The van der Waals surface area contributed by atoms with Crippen LogP contribution >= 0.6 is 7.75 Å². The van der Waals surface area contributed by atoms with E-state index in [1.807, 2.05) is 6.92 Å². The maximum atomic E-state index is 12.7. The van der Waals surface area contributed by atoms with Crippen molar-refractivity contribution in [2.24, 2.45) is 0 Å². The molecule has 1 rings (SSSR count). The molecule has 1 heterocycles. The average molecular weight is 263 g/mol. The van der Waals surface area contributed by atoms with E-state index in [1.54, 1.807) is 27.7 Å². The summed E-state index contributed by atoms with van der Waals surface area (Å²) in [5.41, 5.74) is 0. The Morgan fingerprint density at radius 1 is 1.24 bits per heavy atom. The second-order valence-electron chi connectivity index (χ2n) is 4.90. The molecule has 1 fully saturated rings. The zero-order chi connectivity index (χ0) is 13.2. The number of hydrogen-bond donors (Lipinski definition) is 0. The summed E-state index contributed by atoms with van der Waals surface area (Å²) in [5.74, 6) is -0.151. The second-order valence-corrected chi connectivity index (χ2v) is 6.69. The van der Waals surface area contributed by atoms with Crippen molar-refractivity contribution in [3.8, 4) is 0 Å². The average Bonchev–Trinajstić information content (AvgIpc) is 2.42. The fraction of sp³-hybridized carbons (Fsp3) is 0.909. The van der Waals surface area contributed by atoms with Crippen LogP contribution in [0.4, 0.5) is 0 Å². The Balaban J connectivity index is 2.96. The van der Waals surface area contributed by atoms with Gasteiger partial charge >= 0.3 is 7.75 Å². The van der Waals surface area contributed by atoms with Crippen LogP contribution in [-0.4, -0.2) is 28.8 Å². The first-order chi connectivity index (χ1) is 7.76. The lowest BCUT2D eigenvalue weighted by Crippen LogP contribution is -2.31. The summed E-state index contributed by atoms with van der Waals surface area (Å²) in [5, 5.41) is 0. The van der Waals surface area contributed by atoms with Gasteiger partial charge < -0.3 is 0 Å². The molecule has 0 saturated carbocycles. The van der Waals surface area contributed by atoms with Crippen molar-refractivity contribution in [3.05, 3.63) is 0 Å². The minimum absolute atomic E-state index is 0.0918. The Kier molecular flexibility index (Phi) is 4.76. The predicted octanol–water partition coefficient (Wildman–Crippen LogP) is 2.96. The van der Waals surface area contributed by atoms with E-state index in [-0.39, 0.29) is 24.2 Å². The van der Waals surface area contributed by atoms with Crippen molar-refractivity contribution in [3.63, 3.8) is 0 Å². The molecule has 1 atom stereocenters. The lowest BCUT2D eigenvalue weighted by atomic mass is 10.3. The molecule has 0 aromatic heterocycles. The molecule has 0 radical (unpaired) electrons. The first kappa shape index (κ1) is 14.7. The summed E-state index contributed by atoms with van der Waals surface area (Å²) in [4.78, 5) is 11.8. The van der Waals surface area contributed by atoms with Gasteiger partial charge in [-0.1, -0.05) is 0 Å². The quantitative estimate of drug-likeness (QED) is 0.715. The lowest BCUT2D eigenvalue weighted by molar-refractivity contribution is -0.125. The molecule has 1 saturated heterocycles. The first-order valence-electron chi connectivity index (χ1n) is 6.05. The van der Waals surface area contributed by atoms with Gasteiger partial charge in [0.2, 0.25) is 5.91 Å². The summed E-state index contributed by atoms with van der Waals surface area (Å²) < 4.78 is 24.8. The van der Waals surface area contributed by atoms with Crippen molar-refractivity contribution >= 4 is 13.7 Å². The third-order valence-electron chi connectivity index (χ3n) is 2.40. The normalized spacial score (nSPS) is 21.9. The van der Waals surface area contributed by atoms with Gasteiger partial charge in [0.05, 0.1) is 12.2 Å². The summed E-state index contributed by atoms with van der Waals surface area (Å²) >= 11 is 0. The third-order valence-corrected chi connectivity index (χ3v) is 4.92. The molecule has 0 bridgehead atoms. The van der Waals surface area contributed by atoms with Gasteiger partial charge in [0.15, 0.2) is 0 Å². The minimum Gasteiger partial charge on any atom is -0.289 e. The Morgan fingerprint density at radius 2 is 1.71 bits per heavy atom. The molecule has 5 nitrogen and oxygen atoms in total. The highest BCUT2D eigenvalue weighted by molar-refractivity contribution is 7.52. The van der Waals surface area contributed by atoms with Gasteiger partial charge in [-0.25, -0.2) is 9.24 Å². The molecule has 17 heavy (non-hydrogen) atoms. The van der Waals surface area contributed by atoms with E-state index in [2.05, 4.69) is 0 Å². The summed E-state index contributed by atoms with van der Waals surface area (Å²) in [7, 11) is -3.51. The number of carbonyl (C=O) groups is 1. The minimum atomic E-state index is -3.51. The second kappa shape index (κ2) is 5.51. The highest BCUT2D eigenvalue weighted by Crippen LogP contribution is 2.57. The van der Waals surface area contributed by atoms with Gasteiger partial charge in [-0.3, -0.25) is 13.8 Å². The van der Waals surface area contributed by atoms with Crippen molar-refractivity contribution in [2.45, 2.75) is 65.7 Å². The van der Waals surface area contributed by atoms with E-state index in [9.17, 15) is 9.36 Å². The molecule has 0 aliphatic carbocycles. The fourth-order valence-corrected chi connectivity index (χ4v) is 4.14. The van der Waals surface area contributed by atoms with Crippen LogP contribution in [0.5, 0.6) is 0 Å². The lowest BCUT2D eigenvalue weighted by Gasteiger charge is -2.32. The van der Waals surface area contributed by atoms with Crippen molar-refractivity contribution in [1.82, 2.24) is 4.67 Å². The Labute approximate surface area is 103 Å². The molecule has 100 valence electrons. The molecular weight excluding hydrogens is 241 g/mol. The number of hydrogen-bond acceptors (Lipinski definition) is 4. The SMILES string of the molecule is CC(C)OP(=O)(OC(C)C)N1C(=O)CC[C@H]1C. The first-order valence-corrected chi connectivity index (χ1v) is 7.55. The van der Waals surface area contributed by atoms with E-state index in [1.165, 1.54) is 4.67 Å². The van der Waals surface area contributed by atoms with Crippen LogP contribution in [0.15, 0.2) is 0 Å². The number of nitrogens with zero attached hydrogens (tertiary/aromatic N) is 1. The highest BCUT2D eigenvalue weighted by atomic mass is 31.2. The molecule has 0 N–H and O–H groups in total. The monoisotopic (exact) mass is 263 g/mol. The van der Waals surface area contributed by atoms with E-state index < -0.39 is 7.75 Å². The Hall–Kier alpha value is -0.380. The number of rotatable bonds is 5. The third kappa shape index (κ3) is 3.54. The summed E-state index contributed by atoms with van der Waals surface area (Å²) in [6.45, 7) is 8.98. The number of amides is 1. The highest BCUT2D eigenvalue weighted by Gasteiger charge is 2.45. The van der Waals surface area contributed by atoms with Crippen LogP contribution in [0.1, 0.15) is 47.5 Å². The van der Waals surface area contributed by atoms with Gasteiger partial charge in [-0.15, -0.1) is 0 Å². The standard InChI is InChI=1S/C11H22NO4P/c1-8(2)15-17(14,16-9(3)4)12-10(5)6-7-11(12)13/h8-10H,6-7H2,1-5H3/t10-/m1/s1. The van der Waals surface area contributed by atoms with Gasteiger partial charge in [0.1, 0.15) is 0 Å². The van der Waals surface area contributed by atoms with Crippen LogP contribution in [0, 0.1) is 0 Å². The van der Waals surface area contributed by atoms with E-state index in [0.717, 1.165) is 0 Å². The molecule has 6 heteroatoms. The van der Waals surface area contributed by atoms with Crippen LogP contribution in [-0.2, 0) is 18.4 Å². The number of carbonyl (C=O) groups excluding carboxylic acids is 1. The van der Waals surface area contributed by atoms with Crippen molar-refractivity contribution < 1.29 is 18.4 Å². The molecule has 1 aliphatic rings. The molecule has 0 spiro atoms. The maximum absolute atomic E-state index is 12.7. The van der Waals surface area contributed by atoms with Gasteiger partial charge in [-0.05, 0) is 41.0 Å². The van der Waals surface area contributed by atoms with Gasteiger partial charge in [0, 0.05) is 12.5 Å². The molecular formula is C11H22NO4P. The Bertz CT molecular complexity index is 315. The van der Waals surface area contributed by atoms with Crippen LogP contribution in [0.3, 0.4) is 0 Å². The molecule has 0 unspecified atom stereocenters. The van der Waals surface area contributed by atoms with E-state index in [4.69, 9.17) is 9.05 Å². The van der Waals surface area contributed by atoms with E-state index >= 15 is 0 Å². The van der Waals surface area contributed by atoms with Crippen LogP contribution in [0.25, 0.3) is 0 Å². The van der Waals surface area contributed by atoms with Crippen molar-refractivity contribution in [2.75, 3.05) is 0 Å². The van der Waals surface area contributed by atoms with Crippen molar-refractivity contribution in [1.29, 1.82) is 0 Å². The fourth-order valence-electron chi connectivity index (χ4n) is 1.85. The molecule has 1 aliphatic heterocycles. The Morgan fingerprint density at radius 3 is 2.00 bits per heavy atom. The maximum Gasteiger partial charge on any atom is 0.438 e. The van der Waals surface area contributed by atoms with E-state index in [0.29, 0.717) is 12.8 Å². The van der Waals surface area contributed by atoms with Crippen LogP contribution in [0.2, 0.25) is 0 Å².